The summed E-state index contributed by atoms with van der Waals surface area (Å²) in [5.41, 5.74) is 1.05. The van der Waals surface area contributed by atoms with Crippen LogP contribution in [0.1, 0.15) is 26.3 Å². The number of methoxy groups -OCH3 is 1. The highest BCUT2D eigenvalue weighted by atomic mass is 127. The molecule has 0 heterocycles. The summed E-state index contributed by atoms with van der Waals surface area (Å²) < 4.78 is 6.38. The Morgan fingerprint density at radius 1 is 1.35 bits per heavy atom. The molecular formula is C14H23BrIN3O. The average Bonchev–Trinajstić information content (AvgIpc) is 2.33. The van der Waals surface area contributed by atoms with Crippen molar-refractivity contribution in [2.75, 3.05) is 14.2 Å². The van der Waals surface area contributed by atoms with Crippen LogP contribution in [0.3, 0.4) is 0 Å². The van der Waals surface area contributed by atoms with Crippen molar-refractivity contribution in [1.82, 2.24) is 10.6 Å². The van der Waals surface area contributed by atoms with Gasteiger partial charge in [-0.05, 0) is 39.0 Å². The van der Waals surface area contributed by atoms with Crippen molar-refractivity contribution in [3.63, 3.8) is 0 Å². The topological polar surface area (TPSA) is 45.7 Å². The largest absolute Gasteiger partial charge is 0.496 e. The summed E-state index contributed by atoms with van der Waals surface area (Å²) in [6, 6.07) is 5.95. The van der Waals surface area contributed by atoms with Gasteiger partial charge in [0.1, 0.15) is 5.75 Å². The Morgan fingerprint density at radius 2 is 2.00 bits per heavy atom. The fourth-order valence-electron chi connectivity index (χ4n) is 1.60. The normalized spacial score (nSPS) is 11.6. The second kappa shape index (κ2) is 8.71. The first-order valence-corrected chi connectivity index (χ1v) is 6.96. The minimum absolute atomic E-state index is 0. The van der Waals surface area contributed by atoms with Gasteiger partial charge in [0.05, 0.1) is 7.11 Å². The van der Waals surface area contributed by atoms with E-state index in [4.69, 9.17) is 4.74 Å². The Labute approximate surface area is 146 Å². The quantitative estimate of drug-likeness (QED) is 0.416. The standard InChI is InChI=1S/C14H22BrN3O.HI/c1-14(2,3)18-13(16-4)17-9-10-8-11(15)6-7-12(10)19-5;/h6-8H,9H2,1-5H3,(H2,16,17,18);1H. The van der Waals surface area contributed by atoms with Crippen LogP contribution in [0.15, 0.2) is 27.7 Å². The third-order valence-corrected chi connectivity index (χ3v) is 2.90. The zero-order valence-electron chi connectivity index (χ0n) is 12.6. The summed E-state index contributed by atoms with van der Waals surface area (Å²) in [5, 5.41) is 6.60. The van der Waals surface area contributed by atoms with Crippen LogP contribution in [0.4, 0.5) is 0 Å². The minimum atomic E-state index is -0.0246. The van der Waals surface area contributed by atoms with E-state index in [0.29, 0.717) is 6.54 Å². The number of benzene rings is 1. The van der Waals surface area contributed by atoms with Crippen molar-refractivity contribution in [3.8, 4) is 5.75 Å². The number of hydrogen-bond acceptors (Lipinski definition) is 2. The van der Waals surface area contributed by atoms with Crippen molar-refractivity contribution in [1.29, 1.82) is 0 Å². The molecule has 2 N–H and O–H groups in total. The van der Waals surface area contributed by atoms with Gasteiger partial charge >= 0.3 is 0 Å². The first-order valence-electron chi connectivity index (χ1n) is 6.17. The molecule has 0 aliphatic heterocycles. The number of guanidine groups is 1. The lowest BCUT2D eigenvalue weighted by molar-refractivity contribution is 0.408. The fourth-order valence-corrected chi connectivity index (χ4v) is 2.01. The molecule has 0 spiro atoms. The van der Waals surface area contributed by atoms with E-state index in [2.05, 4.69) is 52.3 Å². The smallest absolute Gasteiger partial charge is 0.191 e. The Bertz CT molecular complexity index is 458. The van der Waals surface area contributed by atoms with Gasteiger partial charge in [-0.2, -0.15) is 0 Å². The predicted molar refractivity (Wildman–Crippen MR) is 99.2 cm³/mol. The van der Waals surface area contributed by atoms with Crippen molar-refractivity contribution in [2.24, 2.45) is 4.99 Å². The first kappa shape index (κ1) is 19.5. The summed E-state index contributed by atoms with van der Waals surface area (Å²) in [5.74, 6) is 1.64. The highest BCUT2D eigenvalue weighted by Gasteiger charge is 2.12. The maximum atomic E-state index is 5.35. The number of rotatable bonds is 3. The molecule has 0 saturated heterocycles. The second-order valence-electron chi connectivity index (χ2n) is 5.26. The molecule has 0 aromatic heterocycles. The monoisotopic (exact) mass is 455 g/mol. The Morgan fingerprint density at radius 3 is 2.50 bits per heavy atom. The third-order valence-electron chi connectivity index (χ3n) is 2.41. The maximum absolute atomic E-state index is 5.35. The molecule has 0 bridgehead atoms. The molecule has 0 saturated carbocycles. The van der Waals surface area contributed by atoms with E-state index in [0.717, 1.165) is 21.7 Å². The number of aliphatic imine (C=N–C) groups is 1. The number of nitrogens with zero attached hydrogens (tertiary/aromatic N) is 1. The summed E-state index contributed by atoms with van der Waals surface area (Å²) >= 11 is 3.47. The van der Waals surface area contributed by atoms with Crippen LogP contribution < -0.4 is 15.4 Å². The lowest BCUT2D eigenvalue weighted by atomic mass is 10.1. The molecule has 4 nitrogen and oxygen atoms in total. The lowest BCUT2D eigenvalue weighted by Crippen LogP contribution is -2.47. The van der Waals surface area contributed by atoms with E-state index in [1.165, 1.54) is 0 Å². The first-order chi connectivity index (χ1) is 8.85. The van der Waals surface area contributed by atoms with Gasteiger partial charge in [0, 0.05) is 29.2 Å². The Kier molecular flexibility index (Phi) is 8.50. The van der Waals surface area contributed by atoms with E-state index in [-0.39, 0.29) is 29.5 Å². The molecule has 0 fully saturated rings. The fraction of sp³-hybridized carbons (Fsp3) is 0.500. The number of hydrogen-bond donors (Lipinski definition) is 2. The van der Waals surface area contributed by atoms with Crippen LogP contribution in [-0.4, -0.2) is 25.7 Å². The van der Waals surface area contributed by atoms with Crippen LogP contribution in [0.5, 0.6) is 5.75 Å². The number of nitrogens with one attached hydrogen (secondary N) is 2. The van der Waals surface area contributed by atoms with E-state index in [9.17, 15) is 0 Å². The highest BCUT2D eigenvalue weighted by molar-refractivity contribution is 14.0. The van der Waals surface area contributed by atoms with Gasteiger partial charge < -0.3 is 15.4 Å². The molecule has 0 atom stereocenters. The maximum Gasteiger partial charge on any atom is 0.191 e. The van der Waals surface area contributed by atoms with Gasteiger partial charge in [-0.3, -0.25) is 4.99 Å². The minimum Gasteiger partial charge on any atom is -0.496 e. The molecule has 0 unspecified atom stereocenters. The third kappa shape index (κ3) is 6.78. The van der Waals surface area contributed by atoms with E-state index in [1.54, 1.807) is 14.2 Å². The molecule has 0 aliphatic carbocycles. The molecule has 20 heavy (non-hydrogen) atoms. The van der Waals surface area contributed by atoms with Gasteiger partial charge in [-0.15, -0.1) is 24.0 Å². The summed E-state index contributed by atoms with van der Waals surface area (Å²) in [6.07, 6.45) is 0. The SMILES string of the molecule is CN=C(NCc1cc(Br)ccc1OC)NC(C)(C)C.I. The molecule has 1 aromatic carbocycles. The van der Waals surface area contributed by atoms with Gasteiger partial charge in [0.15, 0.2) is 5.96 Å². The predicted octanol–water partition coefficient (Wildman–Crippen LogP) is 3.54. The van der Waals surface area contributed by atoms with Gasteiger partial charge in [-0.25, -0.2) is 0 Å². The summed E-state index contributed by atoms with van der Waals surface area (Å²) in [6.45, 7) is 6.94. The molecule has 1 rings (SSSR count). The summed E-state index contributed by atoms with van der Waals surface area (Å²) in [4.78, 5) is 4.21. The van der Waals surface area contributed by atoms with E-state index < -0.39 is 0 Å². The Balaban J connectivity index is 0.00000361. The van der Waals surface area contributed by atoms with Gasteiger partial charge in [-0.1, -0.05) is 15.9 Å². The van der Waals surface area contributed by atoms with Crippen LogP contribution >= 0.6 is 39.9 Å². The zero-order chi connectivity index (χ0) is 14.5. The Hall–Kier alpha value is -0.500. The summed E-state index contributed by atoms with van der Waals surface area (Å²) in [7, 11) is 3.44. The van der Waals surface area contributed by atoms with Gasteiger partial charge in [0.25, 0.3) is 0 Å². The molecule has 6 heteroatoms. The molecule has 0 amide bonds. The van der Waals surface area contributed by atoms with Crippen LogP contribution in [0, 0.1) is 0 Å². The van der Waals surface area contributed by atoms with Crippen LogP contribution in [0.2, 0.25) is 0 Å². The van der Waals surface area contributed by atoms with Crippen LogP contribution in [0.25, 0.3) is 0 Å². The molecule has 114 valence electrons. The van der Waals surface area contributed by atoms with Crippen molar-refractivity contribution >= 4 is 45.9 Å². The zero-order valence-corrected chi connectivity index (χ0v) is 16.5. The van der Waals surface area contributed by atoms with Crippen LogP contribution in [-0.2, 0) is 6.54 Å². The van der Waals surface area contributed by atoms with Gasteiger partial charge in [0.2, 0.25) is 0 Å². The second-order valence-corrected chi connectivity index (χ2v) is 6.17. The lowest BCUT2D eigenvalue weighted by Gasteiger charge is -2.24. The highest BCUT2D eigenvalue weighted by Crippen LogP contribution is 2.22. The number of halogens is 2. The average molecular weight is 456 g/mol. The molecular weight excluding hydrogens is 433 g/mol. The van der Waals surface area contributed by atoms with E-state index in [1.807, 2.05) is 18.2 Å². The molecule has 0 radical (unpaired) electrons. The molecule has 1 aromatic rings. The van der Waals surface area contributed by atoms with Crippen molar-refractivity contribution in [2.45, 2.75) is 32.9 Å². The molecule has 0 aliphatic rings. The van der Waals surface area contributed by atoms with E-state index >= 15 is 0 Å². The van der Waals surface area contributed by atoms with Crippen molar-refractivity contribution in [3.05, 3.63) is 28.2 Å². The number of ether oxygens (including phenoxy) is 1. The van der Waals surface area contributed by atoms with Crippen molar-refractivity contribution < 1.29 is 4.74 Å².